The summed E-state index contributed by atoms with van der Waals surface area (Å²) in [6, 6.07) is 0. The summed E-state index contributed by atoms with van der Waals surface area (Å²) < 4.78 is 0. The van der Waals surface area contributed by atoms with Crippen LogP contribution in [-0.2, 0) is 4.79 Å². The Bertz CT molecular complexity index is 278. The molecule has 0 aromatic rings. The molecule has 0 spiro atoms. The molecule has 2 aliphatic rings. The predicted octanol–water partition coefficient (Wildman–Crippen LogP) is 1.05. The molecule has 2 saturated carbocycles. The van der Waals surface area contributed by atoms with Crippen LogP contribution in [0.3, 0.4) is 0 Å². The second-order valence-electron chi connectivity index (χ2n) is 5.56. The van der Waals surface area contributed by atoms with Gasteiger partial charge in [-0.3, -0.25) is 4.79 Å². The smallest absolute Gasteiger partial charge is 0.223 e. The van der Waals surface area contributed by atoms with E-state index in [0.29, 0.717) is 0 Å². The van der Waals surface area contributed by atoms with Crippen molar-refractivity contribution in [3.63, 3.8) is 0 Å². The number of fused-ring (bicyclic) bond motifs is 2. The number of nitrogens with two attached hydrogens (primary N) is 1. The van der Waals surface area contributed by atoms with Gasteiger partial charge in [0.15, 0.2) is 0 Å². The Morgan fingerprint density at radius 1 is 1.50 bits per heavy atom. The highest BCUT2D eigenvalue weighted by Crippen LogP contribution is 2.59. The van der Waals surface area contributed by atoms with Gasteiger partial charge in [-0.05, 0) is 30.6 Å². The van der Waals surface area contributed by atoms with Crippen LogP contribution in [-0.4, -0.2) is 17.1 Å². The maximum Gasteiger partial charge on any atom is 0.223 e. The van der Waals surface area contributed by atoms with Gasteiger partial charge in [-0.25, -0.2) is 0 Å². The van der Waals surface area contributed by atoms with Gasteiger partial charge in [-0.1, -0.05) is 20.3 Å². The Labute approximate surface area is 84.7 Å². The summed E-state index contributed by atoms with van der Waals surface area (Å²) in [4.78, 5) is 11.5. The quantitative estimate of drug-likeness (QED) is 0.660. The van der Waals surface area contributed by atoms with Crippen molar-refractivity contribution in [2.75, 3.05) is 0 Å². The summed E-state index contributed by atoms with van der Waals surface area (Å²) in [5.74, 6) is -0.161. The van der Waals surface area contributed by atoms with Gasteiger partial charge in [0.2, 0.25) is 5.91 Å². The van der Waals surface area contributed by atoms with E-state index in [1.807, 2.05) is 6.92 Å². The number of carbonyl (C=O) groups excluding carboxylic acids is 1. The number of amides is 1. The first kappa shape index (κ1) is 9.97. The fraction of sp³-hybridized carbons (Fsp3) is 0.909. The molecule has 2 aliphatic carbocycles. The van der Waals surface area contributed by atoms with Crippen LogP contribution in [0.5, 0.6) is 0 Å². The normalized spacial score (nSPS) is 51.9. The van der Waals surface area contributed by atoms with Crippen LogP contribution in [0.1, 0.15) is 39.5 Å². The molecule has 3 heteroatoms. The number of hydrogen-bond donors (Lipinski definition) is 2. The first-order chi connectivity index (χ1) is 6.40. The number of hydrogen-bond acceptors (Lipinski definition) is 2. The number of aliphatic hydroxyl groups is 1. The number of aliphatic hydroxyl groups excluding tert-OH is 1. The summed E-state index contributed by atoms with van der Waals surface area (Å²) in [7, 11) is 0. The highest BCUT2D eigenvalue weighted by Gasteiger charge is 2.60. The van der Waals surface area contributed by atoms with E-state index in [1.165, 1.54) is 0 Å². The molecule has 2 rings (SSSR count). The molecule has 0 aromatic heterocycles. The lowest BCUT2D eigenvalue weighted by Crippen LogP contribution is -2.41. The Hall–Kier alpha value is -0.570. The average Bonchev–Trinajstić information content (AvgIpc) is 2.23. The molecular formula is C11H19NO2. The highest BCUT2D eigenvalue weighted by atomic mass is 16.3. The van der Waals surface area contributed by atoms with Crippen molar-refractivity contribution in [2.45, 2.75) is 45.6 Å². The first-order valence-electron chi connectivity index (χ1n) is 5.38. The molecule has 0 radical (unpaired) electrons. The Balaban J connectivity index is 2.38. The van der Waals surface area contributed by atoms with Crippen LogP contribution in [0.25, 0.3) is 0 Å². The predicted molar refractivity (Wildman–Crippen MR) is 53.4 cm³/mol. The van der Waals surface area contributed by atoms with Crippen molar-refractivity contribution < 1.29 is 9.90 Å². The van der Waals surface area contributed by atoms with Gasteiger partial charge in [0.25, 0.3) is 0 Å². The molecule has 1 amide bonds. The topological polar surface area (TPSA) is 63.3 Å². The van der Waals surface area contributed by atoms with E-state index in [1.54, 1.807) is 0 Å². The lowest BCUT2D eigenvalue weighted by atomic mass is 9.74. The van der Waals surface area contributed by atoms with E-state index in [2.05, 4.69) is 6.92 Å². The van der Waals surface area contributed by atoms with E-state index >= 15 is 0 Å². The largest absolute Gasteiger partial charge is 0.392 e. The van der Waals surface area contributed by atoms with Gasteiger partial charge in [0, 0.05) is 0 Å². The molecule has 80 valence electrons. The fourth-order valence-corrected chi connectivity index (χ4v) is 3.62. The SMILES string of the molecule is C[C@@]12CCC[C@@H]([C@H]1O)[C@](C)(C(N)=O)C2. The maximum absolute atomic E-state index is 11.5. The molecule has 3 N–H and O–H groups in total. The molecule has 0 unspecified atom stereocenters. The monoisotopic (exact) mass is 197 g/mol. The molecule has 2 bridgehead atoms. The zero-order valence-electron chi connectivity index (χ0n) is 8.92. The molecule has 2 fully saturated rings. The molecule has 14 heavy (non-hydrogen) atoms. The lowest BCUT2D eigenvalue weighted by Gasteiger charge is -2.35. The maximum atomic E-state index is 11.5. The molecule has 0 saturated heterocycles. The van der Waals surface area contributed by atoms with Crippen molar-refractivity contribution in [1.82, 2.24) is 0 Å². The van der Waals surface area contributed by atoms with Crippen molar-refractivity contribution >= 4 is 5.91 Å². The van der Waals surface area contributed by atoms with Crippen LogP contribution >= 0.6 is 0 Å². The van der Waals surface area contributed by atoms with Crippen molar-refractivity contribution in [2.24, 2.45) is 22.5 Å². The third-order valence-electron chi connectivity index (χ3n) is 4.51. The van der Waals surface area contributed by atoms with E-state index in [4.69, 9.17) is 5.73 Å². The summed E-state index contributed by atoms with van der Waals surface area (Å²) in [5, 5.41) is 10.1. The summed E-state index contributed by atoms with van der Waals surface area (Å²) in [6.45, 7) is 4.00. The standard InChI is InChI=1S/C11H19NO2/c1-10-5-3-4-7(8(10)13)11(2,6-10)9(12)14/h7-8,13H,3-6H2,1-2H3,(H2,12,14)/t7-,8+,10-,11+/m0/s1. The van der Waals surface area contributed by atoms with Gasteiger partial charge >= 0.3 is 0 Å². The Morgan fingerprint density at radius 3 is 2.64 bits per heavy atom. The molecule has 0 heterocycles. The first-order valence-corrected chi connectivity index (χ1v) is 5.38. The van der Waals surface area contributed by atoms with Crippen LogP contribution in [0, 0.1) is 16.7 Å². The van der Waals surface area contributed by atoms with E-state index in [-0.39, 0.29) is 23.3 Å². The summed E-state index contributed by atoms with van der Waals surface area (Å²) in [5.41, 5.74) is 4.90. The third-order valence-corrected chi connectivity index (χ3v) is 4.51. The zero-order valence-corrected chi connectivity index (χ0v) is 8.92. The minimum Gasteiger partial charge on any atom is -0.392 e. The van der Waals surface area contributed by atoms with Crippen molar-refractivity contribution in [3.8, 4) is 0 Å². The lowest BCUT2D eigenvalue weighted by molar-refractivity contribution is -0.130. The fourth-order valence-electron chi connectivity index (χ4n) is 3.62. The molecular weight excluding hydrogens is 178 g/mol. The number of primary amides is 1. The summed E-state index contributed by atoms with van der Waals surface area (Å²) in [6.07, 6.45) is 3.49. The van der Waals surface area contributed by atoms with Gasteiger partial charge in [-0.15, -0.1) is 0 Å². The van der Waals surface area contributed by atoms with Crippen molar-refractivity contribution in [1.29, 1.82) is 0 Å². The Kier molecular flexibility index (Phi) is 1.94. The van der Waals surface area contributed by atoms with Gasteiger partial charge in [0.05, 0.1) is 11.5 Å². The van der Waals surface area contributed by atoms with Crippen molar-refractivity contribution in [3.05, 3.63) is 0 Å². The minimum absolute atomic E-state index is 0.0767. The molecule has 0 aliphatic heterocycles. The second-order valence-corrected chi connectivity index (χ2v) is 5.56. The molecule has 0 aromatic carbocycles. The van der Waals surface area contributed by atoms with Crippen LogP contribution in [0.4, 0.5) is 0 Å². The van der Waals surface area contributed by atoms with Crippen LogP contribution in [0.2, 0.25) is 0 Å². The van der Waals surface area contributed by atoms with Gasteiger partial charge in [0.1, 0.15) is 0 Å². The van der Waals surface area contributed by atoms with Gasteiger partial charge in [-0.2, -0.15) is 0 Å². The molecule has 3 nitrogen and oxygen atoms in total. The third kappa shape index (κ3) is 1.05. The second kappa shape index (κ2) is 2.72. The number of rotatable bonds is 1. The Morgan fingerprint density at radius 2 is 2.14 bits per heavy atom. The zero-order chi connectivity index (χ0) is 10.6. The van der Waals surface area contributed by atoms with E-state index < -0.39 is 5.41 Å². The number of carbonyl (C=O) groups is 1. The van der Waals surface area contributed by atoms with Gasteiger partial charge < -0.3 is 10.8 Å². The van der Waals surface area contributed by atoms with E-state index in [0.717, 1.165) is 25.7 Å². The van der Waals surface area contributed by atoms with Crippen LogP contribution in [0.15, 0.2) is 0 Å². The average molecular weight is 197 g/mol. The summed E-state index contributed by atoms with van der Waals surface area (Å²) >= 11 is 0. The van der Waals surface area contributed by atoms with Crippen LogP contribution < -0.4 is 5.73 Å². The highest BCUT2D eigenvalue weighted by molar-refractivity contribution is 5.81. The van der Waals surface area contributed by atoms with E-state index in [9.17, 15) is 9.90 Å². The molecule has 4 atom stereocenters. The minimum atomic E-state index is -0.481.